The van der Waals surface area contributed by atoms with Gasteiger partial charge in [-0.2, -0.15) is 18.3 Å². The van der Waals surface area contributed by atoms with Gasteiger partial charge in [0.25, 0.3) is 5.91 Å². The fraction of sp³-hybridized carbons (Fsp3) is 0.150. The number of hydrogen-bond donors (Lipinski definition) is 2. The molecule has 0 fully saturated rings. The number of nitrogens with zero attached hydrogens (tertiary/aromatic N) is 2. The highest BCUT2D eigenvalue weighted by atomic mass is 19.4. The number of nitrogens with one attached hydrogen (secondary N) is 2. The molecule has 0 radical (unpaired) electrons. The first-order chi connectivity index (χ1) is 14.2. The molecule has 2 N–H and O–H groups in total. The van der Waals surface area contributed by atoms with Crippen LogP contribution in [-0.4, -0.2) is 21.6 Å². The van der Waals surface area contributed by atoms with Crippen LogP contribution in [0.5, 0.6) is 0 Å². The highest BCUT2D eigenvalue weighted by Crippen LogP contribution is 2.36. The Hall–Kier alpha value is -3.69. The minimum atomic E-state index is -4.53. The van der Waals surface area contributed by atoms with E-state index in [0.717, 1.165) is 12.1 Å². The molecule has 0 aliphatic carbocycles. The molecule has 1 unspecified atom stereocenters. The number of carbonyl (C=O) groups excluding carboxylic acids is 2. The zero-order valence-electron chi connectivity index (χ0n) is 15.2. The largest absolute Gasteiger partial charge is 0.416 e. The molecule has 1 aliphatic heterocycles. The molecule has 2 aromatic carbocycles. The average molecular weight is 418 g/mol. The number of anilines is 2. The molecule has 0 saturated heterocycles. The normalized spacial score (nSPS) is 15.6. The van der Waals surface area contributed by atoms with Gasteiger partial charge in [0.1, 0.15) is 17.7 Å². The maximum atomic E-state index is 13.1. The first-order valence-electron chi connectivity index (χ1n) is 8.84. The zero-order chi connectivity index (χ0) is 21.5. The first kappa shape index (κ1) is 19.6. The van der Waals surface area contributed by atoms with E-state index in [9.17, 15) is 27.2 Å². The van der Waals surface area contributed by atoms with Crippen LogP contribution in [-0.2, 0) is 15.8 Å². The zero-order valence-corrected chi connectivity index (χ0v) is 15.2. The molecule has 154 valence electrons. The van der Waals surface area contributed by atoms with Crippen LogP contribution < -0.4 is 10.6 Å². The van der Waals surface area contributed by atoms with E-state index in [-0.39, 0.29) is 12.1 Å². The van der Waals surface area contributed by atoms with Gasteiger partial charge >= 0.3 is 6.18 Å². The standard InChI is InChI=1S/C20H14F4N4O2/c21-13-6-4-11(5-7-13)15-10-25-28-16(19(30)27-18(15)28)9-17(29)26-14-3-1-2-12(8-14)20(22,23)24/h1-8,10,16H,9H2,(H,26,29)(H,27,30). The molecule has 10 heteroatoms. The van der Waals surface area contributed by atoms with Crippen molar-refractivity contribution in [1.29, 1.82) is 0 Å². The number of alkyl halides is 3. The third-order valence-corrected chi connectivity index (χ3v) is 4.64. The van der Waals surface area contributed by atoms with Gasteiger partial charge in [0.05, 0.1) is 18.2 Å². The molecule has 6 nitrogen and oxygen atoms in total. The van der Waals surface area contributed by atoms with Crippen molar-refractivity contribution in [2.24, 2.45) is 0 Å². The second kappa shape index (κ2) is 7.29. The Morgan fingerprint density at radius 1 is 1.17 bits per heavy atom. The van der Waals surface area contributed by atoms with Crippen LogP contribution in [0.2, 0.25) is 0 Å². The number of carbonyl (C=O) groups is 2. The van der Waals surface area contributed by atoms with E-state index in [0.29, 0.717) is 16.9 Å². The molecule has 2 amide bonds. The Kier molecular flexibility index (Phi) is 4.76. The van der Waals surface area contributed by atoms with Crippen molar-refractivity contribution in [1.82, 2.24) is 9.78 Å². The summed E-state index contributed by atoms with van der Waals surface area (Å²) in [5.41, 5.74) is 0.272. The first-order valence-corrected chi connectivity index (χ1v) is 8.84. The quantitative estimate of drug-likeness (QED) is 0.623. The van der Waals surface area contributed by atoms with E-state index in [2.05, 4.69) is 15.7 Å². The molecule has 0 bridgehead atoms. The van der Waals surface area contributed by atoms with Gasteiger partial charge in [0.15, 0.2) is 0 Å². The summed E-state index contributed by atoms with van der Waals surface area (Å²) in [4.78, 5) is 24.7. The molecule has 3 aromatic rings. The Morgan fingerprint density at radius 2 is 1.90 bits per heavy atom. The topological polar surface area (TPSA) is 76.0 Å². The second-order valence-corrected chi connectivity index (χ2v) is 6.69. The Balaban J connectivity index is 1.51. The molecule has 1 atom stereocenters. The fourth-order valence-corrected chi connectivity index (χ4v) is 3.21. The van der Waals surface area contributed by atoms with Crippen LogP contribution in [0.4, 0.5) is 29.1 Å². The summed E-state index contributed by atoms with van der Waals surface area (Å²) in [5.74, 6) is -1.15. The van der Waals surface area contributed by atoms with E-state index < -0.39 is 35.4 Å². The van der Waals surface area contributed by atoms with Crippen molar-refractivity contribution < 1.29 is 27.2 Å². The summed E-state index contributed by atoms with van der Waals surface area (Å²) in [7, 11) is 0. The highest BCUT2D eigenvalue weighted by Gasteiger charge is 2.35. The maximum absolute atomic E-state index is 13.1. The minimum Gasteiger partial charge on any atom is -0.326 e. The van der Waals surface area contributed by atoms with E-state index in [1.807, 2.05) is 0 Å². The molecule has 30 heavy (non-hydrogen) atoms. The molecule has 0 saturated carbocycles. The summed E-state index contributed by atoms with van der Waals surface area (Å²) >= 11 is 0. The summed E-state index contributed by atoms with van der Waals surface area (Å²) < 4.78 is 52.9. The van der Waals surface area contributed by atoms with Crippen LogP contribution in [0.1, 0.15) is 18.0 Å². The van der Waals surface area contributed by atoms with E-state index in [1.54, 1.807) is 0 Å². The molecule has 0 spiro atoms. The maximum Gasteiger partial charge on any atom is 0.416 e. The summed E-state index contributed by atoms with van der Waals surface area (Å²) in [6.07, 6.45) is -3.37. The number of halogens is 4. The van der Waals surface area contributed by atoms with Gasteiger partial charge in [0.2, 0.25) is 5.91 Å². The van der Waals surface area contributed by atoms with Crippen LogP contribution in [0, 0.1) is 5.82 Å². The smallest absolute Gasteiger partial charge is 0.326 e. The fourth-order valence-electron chi connectivity index (χ4n) is 3.21. The lowest BCUT2D eigenvalue weighted by atomic mass is 10.1. The minimum absolute atomic E-state index is 0.0269. The van der Waals surface area contributed by atoms with Gasteiger partial charge in [-0.3, -0.25) is 9.59 Å². The van der Waals surface area contributed by atoms with Crippen LogP contribution in [0.3, 0.4) is 0 Å². The SMILES string of the molecule is O=C(CC1C(=O)Nc2c(-c3ccc(F)cc3)cnn21)Nc1cccc(C(F)(F)F)c1. The van der Waals surface area contributed by atoms with E-state index >= 15 is 0 Å². The van der Waals surface area contributed by atoms with Crippen molar-refractivity contribution in [2.75, 3.05) is 10.6 Å². The van der Waals surface area contributed by atoms with Gasteiger partial charge in [0, 0.05) is 11.3 Å². The predicted molar refractivity (Wildman–Crippen MR) is 100.0 cm³/mol. The predicted octanol–water partition coefficient (Wildman–Crippen LogP) is 4.23. The second-order valence-electron chi connectivity index (χ2n) is 6.69. The Morgan fingerprint density at radius 3 is 2.60 bits per heavy atom. The summed E-state index contributed by atoms with van der Waals surface area (Å²) in [5, 5.41) is 9.17. The lowest BCUT2D eigenvalue weighted by Crippen LogP contribution is -2.23. The highest BCUT2D eigenvalue weighted by molar-refractivity contribution is 6.04. The number of rotatable bonds is 4. The van der Waals surface area contributed by atoms with Crippen molar-refractivity contribution in [3.05, 3.63) is 66.1 Å². The Bertz CT molecular complexity index is 1120. The molecular weight excluding hydrogens is 404 g/mol. The van der Waals surface area contributed by atoms with Crippen LogP contribution >= 0.6 is 0 Å². The van der Waals surface area contributed by atoms with Gasteiger partial charge in [-0.25, -0.2) is 9.07 Å². The summed E-state index contributed by atoms with van der Waals surface area (Å²) in [6.45, 7) is 0. The van der Waals surface area contributed by atoms with Gasteiger partial charge in [-0.1, -0.05) is 18.2 Å². The third-order valence-electron chi connectivity index (χ3n) is 4.64. The lowest BCUT2D eigenvalue weighted by Gasteiger charge is -2.12. The monoisotopic (exact) mass is 418 g/mol. The summed E-state index contributed by atoms with van der Waals surface area (Å²) in [6, 6.07) is 8.88. The number of benzene rings is 2. The molecule has 2 heterocycles. The van der Waals surface area contributed by atoms with Crippen molar-refractivity contribution in [2.45, 2.75) is 18.6 Å². The number of amides is 2. The lowest BCUT2D eigenvalue weighted by molar-refractivity contribution is -0.137. The van der Waals surface area contributed by atoms with Crippen molar-refractivity contribution >= 4 is 23.3 Å². The number of fused-ring (bicyclic) bond motifs is 1. The van der Waals surface area contributed by atoms with Gasteiger partial charge in [-0.15, -0.1) is 0 Å². The Labute approximate surface area is 167 Å². The van der Waals surface area contributed by atoms with Crippen LogP contribution in [0.25, 0.3) is 11.1 Å². The molecule has 4 rings (SSSR count). The number of aromatic nitrogens is 2. The van der Waals surface area contributed by atoms with Gasteiger partial charge in [-0.05, 0) is 35.9 Å². The van der Waals surface area contributed by atoms with Crippen LogP contribution in [0.15, 0.2) is 54.7 Å². The van der Waals surface area contributed by atoms with Gasteiger partial charge < -0.3 is 10.6 Å². The third kappa shape index (κ3) is 3.76. The number of hydrogen-bond acceptors (Lipinski definition) is 3. The molecule has 1 aromatic heterocycles. The molecular formula is C20H14F4N4O2. The van der Waals surface area contributed by atoms with E-state index in [4.69, 9.17) is 0 Å². The van der Waals surface area contributed by atoms with Crippen molar-refractivity contribution in [3.8, 4) is 11.1 Å². The van der Waals surface area contributed by atoms with E-state index in [1.165, 1.54) is 47.3 Å². The average Bonchev–Trinajstić information content (AvgIpc) is 3.22. The molecule has 1 aliphatic rings. The van der Waals surface area contributed by atoms with Crippen molar-refractivity contribution in [3.63, 3.8) is 0 Å².